The molecule has 0 aromatic carbocycles. The minimum Gasteiger partial charge on any atom is -0.297 e. The standard InChI is InChI=1S/C9H19NO2/c1-6(2)9(8(5)11)12-10-7(3)4/h6-7,9-10H,1-5H3. The maximum Gasteiger partial charge on any atom is 0.160 e. The van der Waals surface area contributed by atoms with Gasteiger partial charge in [-0.25, -0.2) is 0 Å². The van der Waals surface area contributed by atoms with Crippen LogP contribution in [0.2, 0.25) is 0 Å². The van der Waals surface area contributed by atoms with Crippen LogP contribution in [0.5, 0.6) is 0 Å². The Hall–Kier alpha value is -0.410. The summed E-state index contributed by atoms with van der Waals surface area (Å²) in [6.07, 6.45) is -0.326. The monoisotopic (exact) mass is 173 g/mol. The molecule has 0 aromatic heterocycles. The molecular formula is C9H19NO2. The van der Waals surface area contributed by atoms with Gasteiger partial charge in [0.1, 0.15) is 6.10 Å². The van der Waals surface area contributed by atoms with Crippen LogP contribution in [0, 0.1) is 5.92 Å². The van der Waals surface area contributed by atoms with Crippen molar-refractivity contribution < 1.29 is 9.63 Å². The Morgan fingerprint density at radius 1 is 1.25 bits per heavy atom. The molecule has 0 fully saturated rings. The number of ketones is 1. The van der Waals surface area contributed by atoms with E-state index in [1.807, 2.05) is 27.7 Å². The molecule has 72 valence electrons. The number of hydrogen-bond acceptors (Lipinski definition) is 3. The molecule has 0 bridgehead atoms. The highest BCUT2D eigenvalue weighted by Crippen LogP contribution is 2.06. The van der Waals surface area contributed by atoms with Crippen molar-refractivity contribution >= 4 is 5.78 Å². The molecule has 0 spiro atoms. The van der Waals surface area contributed by atoms with Crippen LogP contribution in [-0.2, 0) is 9.63 Å². The Kier molecular flexibility index (Phi) is 5.09. The number of rotatable bonds is 5. The van der Waals surface area contributed by atoms with Gasteiger partial charge in [0.2, 0.25) is 0 Å². The first-order chi connectivity index (χ1) is 5.45. The molecule has 0 aliphatic carbocycles. The van der Waals surface area contributed by atoms with E-state index in [4.69, 9.17) is 4.84 Å². The van der Waals surface area contributed by atoms with Crippen molar-refractivity contribution in [2.45, 2.75) is 46.8 Å². The summed E-state index contributed by atoms with van der Waals surface area (Å²) in [4.78, 5) is 16.3. The maximum absolute atomic E-state index is 11.0. The molecule has 0 radical (unpaired) electrons. The van der Waals surface area contributed by atoms with Crippen LogP contribution in [0.4, 0.5) is 0 Å². The summed E-state index contributed by atoms with van der Waals surface area (Å²) in [5.74, 6) is 0.284. The molecule has 0 aromatic rings. The van der Waals surface area contributed by atoms with Crippen LogP contribution in [0.25, 0.3) is 0 Å². The largest absolute Gasteiger partial charge is 0.297 e. The molecule has 0 aliphatic rings. The Morgan fingerprint density at radius 3 is 2.00 bits per heavy atom. The predicted molar refractivity (Wildman–Crippen MR) is 48.7 cm³/mol. The minimum atomic E-state index is -0.326. The molecule has 1 unspecified atom stereocenters. The van der Waals surface area contributed by atoms with Crippen molar-refractivity contribution in [3.05, 3.63) is 0 Å². The average Bonchev–Trinajstić information content (AvgIpc) is 1.84. The fourth-order valence-electron chi connectivity index (χ4n) is 0.898. The van der Waals surface area contributed by atoms with Crippen LogP contribution < -0.4 is 5.48 Å². The number of carbonyl (C=O) groups excluding carboxylic acids is 1. The van der Waals surface area contributed by atoms with Crippen molar-refractivity contribution in [3.8, 4) is 0 Å². The number of carbonyl (C=O) groups is 1. The highest BCUT2D eigenvalue weighted by Gasteiger charge is 2.19. The zero-order valence-electron chi connectivity index (χ0n) is 8.55. The van der Waals surface area contributed by atoms with Crippen LogP contribution in [0.3, 0.4) is 0 Å². The number of nitrogens with one attached hydrogen (secondary N) is 1. The van der Waals surface area contributed by atoms with Gasteiger partial charge in [-0.3, -0.25) is 9.63 Å². The number of Topliss-reactive ketones (excluding diaryl/α,β-unsaturated/α-hetero) is 1. The third kappa shape index (κ3) is 4.46. The maximum atomic E-state index is 11.0. The van der Waals surface area contributed by atoms with Crippen LogP contribution >= 0.6 is 0 Å². The first kappa shape index (κ1) is 11.6. The first-order valence-corrected chi connectivity index (χ1v) is 4.36. The smallest absolute Gasteiger partial charge is 0.160 e. The number of hydroxylamine groups is 1. The fourth-order valence-corrected chi connectivity index (χ4v) is 0.898. The molecule has 0 rings (SSSR count). The second-order valence-electron chi connectivity index (χ2n) is 3.67. The lowest BCUT2D eigenvalue weighted by atomic mass is 10.0. The Bertz CT molecular complexity index is 143. The molecule has 1 N–H and O–H groups in total. The highest BCUT2D eigenvalue weighted by atomic mass is 16.7. The lowest BCUT2D eigenvalue weighted by Crippen LogP contribution is -2.36. The van der Waals surface area contributed by atoms with Crippen LogP contribution in [-0.4, -0.2) is 17.9 Å². The molecule has 3 heteroatoms. The van der Waals surface area contributed by atoms with Gasteiger partial charge in [0.25, 0.3) is 0 Å². The average molecular weight is 173 g/mol. The summed E-state index contributed by atoms with van der Waals surface area (Å²) in [7, 11) is 0. The molecule has 0 amide bonds. The summed E-state index contributed by atoms with van der Waals surface area (Å²) >= 11 is 0. The van der Waals surface area contributed by atoms with Gasteiger partial charge in [0.05, 0.1) is 0 Å². The van der Waals surface area contributed by atoms with E-state index >= 15 is 0 Å². The highest BCUT2D eigenvalue weighted by molar-refractivity contribution is 5.80. The summed E-state index contributed by atoms with van der Waals surface area (Å²) < 4.78 is 0. The Labute approximate surface area is 74.4 Å². The lowest BCUT2D eigenvalue weighted by Gasteiger charge is -2.19. The van der Waals surface area contributed by atoms with E-state index in [2.05, 4.69) is 5.48 Å². The summed E-state index contributed by atoms with van der Waals surface area (Å²) in [5.41, 5.74) is 2.79. The molecule has 12 heavy (non-hydrogen) atoms. The van der Waals surface area contributed by atoms with E-state index in [0.29, 0.717) is 0 Å². The number of hydrogen-bond donors (Lipinski definition) is 1. The third-order valence-corrected chi connectivity index (χ3v) is 1.44. The van der Waals surface area contributed by atoms with Crippen molar-refractivity contribution in [1.82, 2.24) is 5.48 Å². The molecule has 0 heterocycles. The fraction of sp³-hybridized carbons (Fsp3) is 0.889. The van der Waals surface area contributed by atoms with E-state index < -0.39 is 0 Å². The van der Waals surface area contributed by atoms with Gasteiger partial charge in [0, 0.05) is 6.04 Å². The Balaban J connectivity index is 3.88. The third-order valence-electron chi connectivity index (χ3n) is 1.44. The van der Waals surface area contributed by atoms with Crippen molar-refractivity contribution in [1.29, 1.82) is 0 Å². The lowest BCUT2D eigenvalue weighted by molar-refractivity contribution is -0.139. The second-order valence-corrected chi connectivity index (χ2v) is 3.67. The Morgan fingerprint density at radius 2 is 1.75 bits per heavy atom. The van der Waals surface area contributed by atoms with Crippen LogP contribution in [0.1, 0.15) is 34.6 Å². The summed E-state index contributed by atoms with van der Waals surface area (Å²) in [6.45, 7) is 9.42. The molecule has 1 atom stereocenters. The van der Waals surface area contributed by atoms with Gasteiger partial charge >= 0.3 is 0 Å². The zero-order chi connectivity index (χ0) is 9.72. The van der Waals surface area contributed by atoms with Gasteiger partial charge in [-0.05, 0) is 26.7 Å². The molecular weight excluding hydrogens is 154 g/mol. The van der Waals surface area contributed by atoms with Gasteiger partial charge in [-0.15, -0.1) is 0 Å². The van der Waals surface area contributed by atoms with Gasteiger partial charge in [-0.1, -0.05) is 13.8 Å². The SMILES string of the molecule is CC(=O)C(ONC(C)C)C(C)C. The van der Waals surface area contributed by atoms with E-state index in [1.165, 1.54) is 0 Å². The van der Waals surface area contributed by atoms with E-state index in [0.717, 1.165) is 0 Å². The van der Waals surface area contributed by atoms with E-state index in [9.17, 15) is 4.79 Å². The van der Waals surface area contributed by atoms with Crippen molar-refractivity contribution in [2.75, 3.05) is 0 Å². The van der Waals surface area contributed by atoms with Crippen molar-refractivity contribution in [2.24, 2.45) is 5.92 Å². The molecule has 0 saturated heterocycles. The topological polar surface area (TPSA) is 38.3 Å². The summed E-state index contributed by atoms with van der Waals surface area (Å²) in [6, 6.07) is 0.241. The van der Waals surface area contributed by atoms with Crippen molar-refractivity contribution in [3.63, 3.8) is 0 Å². The van der Waals surface area contributed by atoms with Gasteiger partial charge in [-0.2, -0.15) is 5.48 Å². The first-order valence-electron chi connectivity index (χ1n) is 4.36. The second kappa shape index (κ2) is 5.27. The quantitative estimate of drug-likeness (QED) is 0.641. The molecule has 0 saturated carbocycles. The molecule has 3 nitrogen and oxygen atoms in total. The van der Waals surface area contributed by atoms with Gasteiger partial charge < -0.3 is 0 Å². The van der Waals surface area contributed by atoms with Crippen LogP contribution in [0.15, 0.2) is 0 Å². The van der Waals surface area contributed by atoms with Gasteiger partial charge in [0.15, 0.2) is 5.78 Å². The predicted octanol–water partition coefficient (Wildman–Crippen LogP) is 1.53. The minimum absolute atomic E-state index is 0.0677. The zero-order valence-corrected chi connectivity index (χ0v) is 8.55. The molecule has 0 aliphatic heterocycles. The normalized spacial score (nSPS) is 13.9. The summed E-state index contributed by atoms with van der Waals surface area (Å²) in [5, 5.41) is 0. The van der Waals surface area contributed by atoms with E-state index in [-0.39, 0.29) is 23.8 Å². The van der Waals surface area contributed by atoms with E-state index in [1.54, 1.807) is 6.92 Å².